The maximum absolute atomic E-state index is 12.6. The lowest BCUT2D eigenvalue weighted by molar-refractivity contribution is 0.0535. The van der Waals surface area contributed by atoms with Crippen LogP contribution in [0.4, 0.5) is 4.79 Å². The first-order valence-electron chi connectivity index (χ1n) is 9.45. The molecule has 0 spiro atoms. The minimum Gasteiger partial charge on any atom is -0.494 e. The normalized spacial score (nSPS) is 14.5. The van der Waals surface area contributed by atoms with Crippen LogP contribution in [0.25, 0.3) is 0 Å². The number of benzene rings is 1. The molecular weight excluding hydrogens is 332 g/mol. The topological polar surface area (TPSA) is 59.1 Å². The van der Waals surface area contributed by atoms with E-state index in [4.69, 9.17) is 9.47 Å². The summed E-state index contributed by atoms with van der Waals surface area (Å²) in [5, 5.41) is 0. The van der Waals surface area contributed by atoms with E-state index in [1.54, 1.807) is 21.9 Å². The van der Waals surface area contributed by atoms with Crippen molar-refractivity contribution < 1.29 is 19.1 Å². The molecule has 0 bridgehead atoms. The zero-order chi connectivity index (χ0) is 18.9. The highest BCUT2D eigenvalue weighted by Gasteiger charge is 2.25. The quantitative estimate of drug-likeness (QED) is 0.698. The lowest BCUT2D eigenvalue weighted by atomic mass is 10.1. The first-order chi connectivity index (χ1) is 12.5. The van der Waals surface area contributed by atoms with E-state index in [2.05, 4.69) is 6.92 Å². The fraction of sp³-hybridized carbons (Fsp3) is 0.600. The van der Waals surface area contributed by atoms with Crippen LogP contribution < -0.4 is 4.74 Å². The van der Waals surface area contributed by atoms with Gasteiger partial charge >= 0.3 is 6.09 Å². The number of piperazine rings is 1. The molecule has 0 saturated carbocycles. The molecule has 1 fully saturated rings. The summed E-state index contributed by atoms with van der Waals surface area (Å²) in [6, 6.07) is 7.27. The molecule has 2 amide bonds. The van der Waals surface area contributed by atoms with Crippen molar-refractivity contribution in [1.82, 2.24) is 9.80 Å². The van der Waals surface area contributed by atoms with Crippen LogP contribution in [-0.2, 0) is 4.74 Å². The second-order valence-electron chi connectivity index (χ2n) is 6.98. The largest absolute Gasteiger partial charge is 0.494 e. The van der Waals surface area contributed by atoms with E-state index in [0.717, 1.165) is 18.6 Å². The van der Waals surface area contributed by atoms with Gasteiger partial charge in [0, 0.05) is 31.7 Å². The molecule has 6 nitrogen and oxygen atoms in total. The standard InChI is InChI=1S/C20H30N2O4/c1-4-5-14-25-18-8-6-17(7-9-18)19(23)21-10-12-22(13-11-21)20(24)26-15-16(2)3/h6-9,16H,4-5,10-15H2,1-3H3. The third-order valence-corrected chi connectivity index (χ3v) is 4.23. The Morgan fingerprint density at radius 2 is 1.65 bits per heavy atom. The number of rotatable bonds is 7. The predicted octanol–water partition coefficient (Wildman–Crippen LogP) is 3.42. The van der Waals surface area contributed by atoms with Crippen molar-refractivity contribution >= 4 is 12.0 Å². The summed E-state index contributed by atoms with van der Waals surface area (Å²) in [6.07, 6.45) is 1.82. The average molecular weight is 362 g/mol. The molecule has 1 aliphatic rings. The minimum absolute atomic E-state index is 0.0136. The highest BCUT2D eigenvalue weighted by molar-refractivity contribution is 5.94. The molecule has 1 aliphatic heterocycles. The Morgan fingerprint density at radius 3 is 2.23 bits per heavy atom. The first-order valence-corrected chi connectivity index (χ1v) is 9.45. The van der Waals surface area contributed by atoms with Gasteiger partial charge in [0.15, 0.2) is 0 Å². The Hall–Kier alpha value is -2.24. The van der Waals surface area contributed by atoms with Crippen molar-refractivity contribution in [3.05, 3.63) is 29.8 Å². The number of unbranched alkanes of at least 4 members (excludes halogenated alkanes) is 1. The van der Waals surface area contributed by atoms with Crippen LogP contribution in [0.2, 0.25) is 0 Å². The molecule has 0 N–H and O–H groups in total. The van der Waals surface area contributed by atoms with Crippen LogP contribution in [0.15, 0.2) is 24.3 Å². The number of amides is 2. The Balaban J connectivity index is 1.81. The van der Waals surface area contributed by atoms with Crippen LogP contribution in [0.3, 0.4) is 0 Å². The lowest BCUT2D eigenvalue weighted by Gasteiger charge is -2.34. The molecule has 0 unspecified atom stereocenters. The molecule has 1 heterocycles. The highest BCUT2D eigenvalue weighted by atomic mass is 16.6. The van der Waals surface area contributed by atoms with E-state index in [-0.39, 0.29) is 12.0 Å². The molecule has 144 valence electrons. The number of hydrogen-bond acceptors (Lipinski definition) is 4. The van der Waals surface area contributed by atoms with Crippen LogP contribution in [0.1, 0.15) is 44.0 Å². The third kappa shape index (κ3) is 5.93. The molecule has 0 aromatic heterocycles. The summed E-state index contributed by atoms with van der Waals surface area (Å²) in [7, 11) is 0. The predicted molar refractivity (Wildman–Crippen MR) is 101 cm³/mol. The maximum atomic E-state index is 12.6. The van der Waals surface area contributed by atoms with E-state index in [0.29, 0.717) is 50.9 Å². The van der Waals surface area contributed by atoms with Gasteiger partial charge in [-0.25, -0.2) is 4.79 Å². The Morgan fingerprint density at radius 1 is 1.04 bits per heavy atom. The van der Waals surface area contributed by atoms with Gasteiger partial charge in [0.2, 0.25) is 0 Å². The average Bonchev–Trinajstić information content (AvgIpc) is 2.66. The Labute approximate surface area is 156 Å². The molecule has 6 heteroatoms. The minimum atomic E-state index is -0.292. The number of ether oxygens (including phenoxy) is 2. The number of hydrogen-bond donors (Lipinski definition) is 0. The summed E-state index contributed by atoms with van der Waals surface area (Å²) < 4.78 is 10.9. The third-order valence-electron chi connectivity index (χ3n) is 4.23. The molecule has 26 heavy (non-hydrogen) atoms. The fourth-order valence-electron chi connectivity index (χ4n) is 2.63. The number of carbonyl (C=O) groups is 2. The van der Waals surface area contributed by atoms with Crippen LogP contribution in [-0.4, -0.2) is 61.2 Å². The molecule has 1 aromatic carbocycles. The molecule has 1 saturated heterocycles. The molecule has 0 atom stereocenters. The van der Waals surface area contributed by atoms with Crippen molar-refractivity contribution in [3.8, 4) is 5.75 Å². The van der Waals surface area contributed by atoms with Crippen LogP contribution in [0, 0.1) is 5.92 Å². The van der Waals surface area contributed by atoms with Gasteiger partial charge in [-0.3, -0.25) is 4.79 Å². The zero-order valence-electron chi connectivity index (χ0n) is 16.1. The van der Waals surface area contributed by atoms with E-state index in [1.165, 1.54) is 0 Å². The smallest absolute Gasteiger partial charge is 0.409 e. The van der Waals surface area contributed by atoms with E-state index in [9.17, 15) is 9.59 Å². The van der Waals surface area contributed by atoms with Crippen molar-refractivity contribution in [2.45, 2.75) is 33.6 Å². The molecule has 0 aliphatic carbocycles. The molecule has 0 radical (unpaired) electrons. The van der Waals surface area contributed by atoms with Crippen molar-refractivity contribution in [3.63, 3.8) is 0 Å². The summed E-state index contributed by atoms with van der Waals surface area (Å²) >= 11 is 0. The summed E-state index contributed by atoms with van der Waals surface area (Å²) in [4.78, 5) is 28.0. The highest BCUT2D eigenvalue weighted by Crippen LogP contribution is 2.15. The first kappa shape index (κ1) is 20.1. The van der Waals surface area contributed by atoms with Gasteiger partial charge in [0.05, 0.1) is 13.2 Å². The van der Waals surface area contributed by atoms with Crippen molar-refractivity contribution in [2.24, 2.45) is 5.92 Å². The second-order valence-corrected chi connectivity index (χ2v) is 6.98. The Kier molecular flexibility index (Phi) is 7.75. The monoisotopic (exact) mass is 362 g/mol. The van der Waals surface area contributed by atoms with Crippen LogP contribution in [0.5, 0.6) is 5.75 Å². The maximum Gasteiger partial charge on any atom is 0.409 e. The van der Waals surface area contributed by atoms with Gasteiger partial charge in [0.25, 0.3) is 5.91 Å². The fourth-order valence-corrected chi connectivity index (χ4v) is 2.63. The van der Waals surface area contributed by atoms with Gasteiger partial charge in [-0.15, -0.1) is 0 Å². The van der Waals surface area contributed by atoms with Crippen LogP contribution >= 0.6 is 0 Å². The van der Waals surface area contributed by atoms with Gasteiger partial charge < -0.3 is 19.3 Å². The molecule has 1 aromatic rings. The molecule has 2 rings (SSSR count). The van der Waals surface area contributed by atoms with Gasteiger partial charge in [-0.1, -0.05) is 27.2 Å². The summed E-state index contributed by atoms with van der Waals surface area (Å²) in [5.41, 5.74) is 0.642. The SMILES string of the molecule is CCCCOc1ccc(C(=O)N2CCN(C(=O)OCC(C)C)CC2)cc1. The second kappa shape index (κ2) is 10.0. The van der Waals surface area contributed by atoms with Crippen molar-refractivity contribution in [2.75, 3.05) is 39.4 Å². The van der Waals surface area contributed by atoms with Gasteiger partial charge in [-0.2, -0.15) is 0 Å². The van der Waals surface area contributed by atoms with E-state index < -0.39 is 0 Å². The molecular formula is C20H30N2O4. The summed E-state index contributed by atoms with van der Waals surface area (Å²) in [6.45, 7) is 9.28. The van der Waals surface area contributed by atoms with Gasteiger partial charge in [-0.05, 0) is 36.6 Å². The van der Waals surface area contributed by atoms with E-state index in [1.807, 2.05) is 26.0 Å². The van der Waals surface area contributed by atoms with Gasteiger partial charge in [0.1, 0.15) is 5.75 Å². The number of carbonyl (C=O) groups excluding carboxylic acids is 2. The summed E-state index contributed by atoms with van der Waals surface area (Å²) in [5.74, 6) is 1.09. The number of nitrogens with zero attached hydrogens (tertiary/aromatic N) is 2. The zero-order valence-corrected chi connectivity index (χ0v) is 16.1. The van der Waals surface area contributed by atoms with E-state index >= 15 is 0 Å². The Bertz CT molecular complexity index is 578. The lowest BCUT2D eigenvalue weighted by Crippen LogP contribution is -2.50. The van der Waals surface area contributed by atoms with Crippen molar-refractivity contribution in [1.29, 1.82) is 0 Å².